The number of phenols is 4. The van der Waals surface area contributed by atoms with E-state index in [1.165, 1.54) is 0 Å². The van der Waals surface area contributed by atoms with Gasteiger partial charge < -0.3 is 20.4 Å². The normalized spacial score (nSPS) is 14.5. The third-order valence-corrected chi connectivity index (χ3v) is 8.40. The highest BCUT2D eigenvalue weighted by atomic mass is 16.3. The Balaban J connectivity index is 1.29. The number of hydrogen-bond acceptors (Lipinski definition) is 4. The average molecular weight is 575 g/mol. The molecule has 0 saturated carbocycles. The van der Waals surface area contributed by atoms with Gasteiger partial charge in [0.2, 0.25) is 0 Å². The van der Waals surface area contributed by atoms with Crippen molar-refractivity contribution in [1.82, 2.24) is 0 Å². The molecule has 4 heteroatoms. The maximum Gasteiger partial charge on any atom is 0.119 e. The molecule has 0 amide bonds. The highest BCUT2D eigenvalue weighted by molar-refractivity contribution is 5.72. The van der Waals surface area contributed by atoms with Gasteiger partial charge in [-0.05, 0) is 93.0 Å². The molecule has 0 spiro atoms. The fourth-order valence-electron chi connectivity index (χ4n) is 6.00. The molecular weight excluding hydrogens is 544 g/mol. The van der Waals surface area contributed by atoms with Crippen LogP contribution in [-0.4, -0.2) is 20.4 Å². The molecule has 1 unspecified atom stereocenters. The van der Waals surface area contributed by atoms with Crippen molar-refractivity contribution in [2.45, 2.75) is 11.8 Å². The SMILES string of the molecule is Oc1ccc(-c2ccc(O)c(C3C=C3[C@H](c3ccc(-c4ccccc4)cc3)c3cc(-c4ccc(O)cc4)ccc3O)c2)cc1. The van der Waals surface area contributed by atoms with Crippen molar-refractivity contribution in [1.29, 1.82) is 0 Å². The molecule has 1 aliphatic rings. The summed E-state index contributed by atoms with van der Waals surface area (Å²) in [5, 5.41) is 41.8. The maximum absolute atomic E-state index is 11.3. The molecule has 0 fully saturated rings. The number of allylic oxidation sites excluding steroid dienone is 2. The van der Waals surface area contributed by atoms with E-state index in [4.69, 9.17) is 0 Å². The minimum atomic E-state index is -0.251. The summed E-state index contributed by atoms with van der Waals surface area (Å²) in [4.78, 5) is 0. The molecule has 0 bridgehead atoms. The van der Waals surface area contributed by atoms with Gasteiger partial charge in [0.05, 0.1) is 0 Å². The first-order valence-corrected chi connectivity index (χ1v) is 14.6. The van der Waals surface area contributed by atoms with Crippen LogP contribution >= 0.6 is 0 Å². The van der Waals surface area contributed by atoms with Crippen LogP contribution in [-0.2, 0) is 0 Å². The molecule has 1 aliphatic carbocycles. The fourth-order valence-corrected chi connectivity index (χ4v) is 6.00. The Bertz CT molecular complexity index is 1970. The molecule has 7 rings (SSSR count). The molecule has 4 nitrogen and oxygen atoms in total. The van der Waals surface area contributed by atoms with E-state index in [1.807, 2.05) is 66.7 Å². The number of hydrogen-bond donors (Lipinski definition) is 4. The predicted molar refractivity (Wildman–Crippen MR) is 175 cm³/mol. The van der Waals surface area contributed by atoms with E-state index >= 15 is 0 Å². The van der Waals surface area contributed by atoms with Crippen LogP contribution in [0.1, 0.15) is 28.5 Å². The van der Waals surface area contributed by atoms with Gasteiger partial charge in [-0.2, -0.15) is 0 Å². The number of aromatic hydroxyl groups is 4. The van der Waals surface area contributed by atoms with Gasteiger partial charge in [0.1, 0.15) is 23.0 Å². The lowest BCUT2D eigenvalue weighted by atomic mass is 9.83. The van der Waals surface area contributed by atoms with E-state index in [-0.39, 0.29) is 34.8 Å². The molecular formula is C40H30O4. The van der Waals surface area contributed by atoms with Crippen LogP contribution in [0.2, 0.25) is 0 Å². The highest BCUT2D eigenvalue weighted by Crippen LogP contribution is 2.54. The second kappa shape index (κ2) is 11.2. The van der Waals surface area contributed by atoms with E-state index in [2.05, 4.69) is 42.5 Å². The van der Waals surface area contributed by atoms with Crippen molar-refractivity contribution in [3.63, 3.8) is 0 Å². The Labute approximate surface area is 256 Å². The van der Waals surface area contributed by atoms with Crippen molar-refractivity contribution >= 4 is 0 Å². The predicted octanol–water partition coefficient (Wildman–Crippen LogP) is 9.37. The summed E-state index contributed by atoms with van der Waals surface area (Å²) in [6.07, 6.45) is 2.15. The maximum atomic E-state index is 11.3. The number of rotatable bonds is 7. The summed E-state index contributed by atoms with van der Waals surface area (Å²) in [7, 11) is 0. The second-order valence-electron chi connectivity index (χ2n) is 11.2. The minimum absolute atomic E-state index is 0.109. The lowest BCUT2D eigenvalue weighted by Gasteiger charge is -2.21. The van der Waals surface area contributed by atoms with Crippen LogP contribution in [0.25, 0.3) is 33.4 Å². The standard InChI is InChI=1S/C40H30O4/c41-32-16-10-27(11-17-32)30-14-20-38(43)35(22-30)34-24-36(34)40(29-8-6-26(7-9-29)25-4-2-1-3-5-25)37-23-31(15-21-39(37)44)28-12-18-33(42)19-13-28/h1-24,34,40-44H/t34?,40-/m0/s1. The summed E-state index contributed by atoms with van der Waals surface area (Å²) in [5.41, 5.74) is 9.68. The van der Waals surface area contributed by atoms with Gasteiger partial charge >= 0.3 is 0 Å². The summed E-state index contributed by atoms with van der Waals surface area (Å²) >= 11 is 0. The summed E-state index contributed by atoms with van der Waals surface area (Å²) in [5.74, 6) is 0.447. The molecule has 6 aromatic rings. The van der Waals surface area contributed by atoms with Crippen LogP contribution in [0, 0.1) is 0 Å². The largest absolute Gasteiger partial charge is 0.508 e. The quantitative estimate of drug-likeness (QED) is 0.143. The van der Waals surface area contributed by atoms with Crippen molar-refractivity contribution in [2.75, 3.05) is 0 Å². The van der Waals surface area contributed by atoms with Gasteiger partial charge in [0.15, 0.2) is 0 Å². The van der Waals surface area contributed by atoms with Crippen LogP contribution < -0.4 is 0 Å². The van der Waals surface area contributed by atoms with E-state index in [1.54, 1.807) is 36.4 Å². The van der Waals surface area contributed by atoms with Gasteiger partial charge in [-0.3, -0.25) is 0 Å². The van der Waals surface area contributed by atoms with Crippen molar-refractivity contribution in [3.8, 4) is 56.4 Å². The lowest BCUT2D eigenvalue weighted by Crippen LogP contribution is -2.03. The third-order valence-electron chi connectivity index (χ3n) is 8.40. The van der Waals surface area contributed by atoms with Gasteiger partial charge in [-0.15, -0.1) is 0 Å². The third kappa shape index (κ3) is 5.30. The van der Waals surface area contributed by atoms with Crippen LogP contribution in [0.3, 0.4) is 0 Å². The molecule has 0 aromatic heterocycles. The Morgan fingerprint density at radius 1 is 0.432 bits per heavy atom. The Hall–Kier alpha value is -5.74. The molecule has 44 heavy (non-hydrogen) atoms. The zero-order valence-corrected chi connectivity index (χ0v) is 23.8. The monoisotopic (exact) mass is 574 g/mol. The van der Waals surface area contributed by atoms with Crippen molar-refractivity contribution in [2.24, 2.45) is 0 Å². The number of phenolic OH excluding ortho intramolecular Hbond substituents is 4. The first-order valence-electron chi connectivity index (χ1n) is 14.6. The van der Waals surface area contributed by atoms with E-state index in [0.717, 1.165) is 55.6 Å². The zero-order valence-electron chi connectivity index (χ0n) is 23.8. The Morgan fingerprint density at radius 3 is 1.52 bits per heavy atom. The molecule has 0 heterocycles. The minimum Gasteiger partial charge on any atom is -0.508 e. The molecule has 2 atom stereocenters. The van der Waals surface area contributed by atoms with Crippen LogP contribution in [0.4, 0.5) is 0 Å². The highest BCUT2D eigenvalue weighted by Gasteiger charge is 2.37. The van der Waals surface area contributed by atoms with Gasteiger partial charge in [-0.1, -0.05) is 97.1 Å². The Kier molecular flexibility index (Phi) is 6.88. The van der Waals surface area contributed by atoms with Crippen molar-refractivity contribution < 1.29 is 20.4 Å². The fraction of sp³-hybridized carbons (Fsp3) is 0.0500. The summed E-state index contributed by atoms with van der Waals surface area (Å²) in [6, 6.07) is 43.9. The topological polar surface area (TPSA) is 80.9 Å². The first kappa shape index (κ1) is 27.1. The molecule has 4 N–H and O–H groups in total. The zero-order chi connectivity index (χ0) is 30.2. The van der Waals surface area contributed by atoms with Crippen LogP contribution in [0.5, 0.6) is 23.0 Å². The summed E-state index contributed by atoms with van der Waals surface area (Å²) in [6.45, 7) is 0. The molecule has 6 aromatic carbocycles. The molecule has 0 radical (unpaired) electrons. The smallest absolute Gasteiger partial charge is 0.119 e. The van der Waals surface area contributed by atoms with E-state index in [0.29, 0.717) is 0 Å². The molecule has 0 aliphatic heterocycles. The summed E-state index contributed by atoms with van der Waals surface area (Å²) < 4.78 is 0. The van der Waals surface area contributed by atoms with Gasteiger partial charge in [0.25, 0.3) is 0 Å². The molecule has 214 valence electrons. The molecule has 0 saturated heterocycles. The van der Waals surface area contributed by atoms with Gasteiger partial charge in [-0.25, -0.2) is 0 Å². The second-order valence-corrected chi connectivity index (χ2v) is 11.2. The van der Waals surface area contributed by atoms with Crippen LogP contribution in [0.15, 0.2) is 151 Å². The van der Waals surface area contributed by atoms with Gasteiger partial charge in [0, 0.05) is 23.0 Å². The number of benzene rings is 6. The first-order chi connectivity index (χ1) is 21.4. The lowest BCUT2D eigenvalue weighted by molar-refractivity contribution is 0.466. The van der Waals surface area contributed by atoms with Crippen molar-refractivity contribution in [3.05, 3.63) is 168 Å². The van der Waals surface area contributed by atoms with E-state index in [9.17, 15) is 20.4 Å². The van der Waals surface area contributed by atoms with E-state index < -0.39 is 0 Å². The Morgan fingerprint density at radius 2 is 0.909 bits per heavy atom. The average Bonchev–Trinajstić information content (AvgIpc) is 3.84.